The van der Waals surface area contributed by atoms with Gasteiger partial charge in [-0.1, -0.05) is 12.1 Å². The Kier molecular flexibility index (Phi) is 6.99. The molecule has 8 heteroatoms. The van der Waals surface area contributed by atoms with Crippen LogP contribution in [0, 0.1) is 5.82 Å². The first-order valence-corrected chi connectivity index (χ1v) is 11.7. The third kappa shape index (κ3) is 5.31. The zero-order chi connectivity index (χ0) is 21.8. The summed E-state index contributed by atoms with van der Waals surface area (Å²) in [5.41, 5.74) is 2.56. The van der Waals surface area contributed by atoms with Gasteiger partial charge in [0.05, 0.1) is 18.7 Å². The molecule has 0 spiro atoms. The fourth-order valence-corrected chi connectivity index (χ4v) is 5.57. The molecule has 2 heterocycles. The first kappa shape index (κ1) is 21.9. The minimum atomic E-state index is -0.344. The van der Waals surface area contributed by atoms with Crippen LogP contribution >= 0.6 is 11.3 Å². The molecule has 0 unspecified atom stereocenters. The van der Waals surface area contributed by atoms with E-state index in [1.807, 2.05) is 6.07 Å². The monoisotopic (exact) mass is 445 g/mol. The fraction of sp³-hybridized carbons (Fsp3) is 0.478. The highest BCUT2D eigenvalue weighted by atomic mass is 32.1. The van der Waals surface area contributed by atoms with Gasteiger partial charge in [-0.05, 0) is 49.4 Å². The van der Waals surface area contributed by atoms with Gasteiger partial charge >= 0.3 is 5.97 Å². The van der Waals surface area contributed by atoms with E-state index in [0.717, 1.165) is 56.6 Å². The van der Waals surface area contributed by atoms with Crippen LogP contribution in [0.25, 0.3) is 0 Å². The summed E-state index contributed by atoms with van der Waals surface area (Å²) in [4.78, 5) is 30.7. The summed E-state index contributed by atoms with van der Waals surface area (Å²) in [7, 11) is 0. The minimum absolute atomic E-state index is 0.107. The van der Waals surface area contributed by atoms with Crippen molar-refractivity contribution in [2.75, 3.05) is 44.6 Å². The van der Waals surface area contributed by atoms with Crippen molar-refractivity contribution in [1.29, 1.82) is 0 Å². The van der Waals surface area contributed by atoms with Gasteiger partial charge in [-0.2, -0.15) is 0 Å². The lowest BCUT2D eigenvalue weighted by Crippen LogP contribution is -2.48. The van der Waals surface area contributed by atoms with Crippen molar-refractivity contribution in [1.82, 2.24) is 9.80 Å². The van der Waals surface area contributed by atoms with Crippen LogP contribution in [0.4, 0.5) is 9.39 Å². The zero-order valence-corrected chi connectivity index (χ0v) is 18.6. The van der Waals surface area contributed by atoms with E-state index in [2.05, 4.69) is 15.1 Å². The molecule has 166 valence electrons. The summed E-state index contributed by atoms with van der Waals surface area (Å²) >= 11 is 1.51. The average molecular weight is 446 g/mol. The fourth-order valence-electron chi connectivity index (χ4n) is 4.28. The summed E-state index contributed by atoms with van der Waals surface area (Å²) in [6.45, 7) is 6.30. The number of nitrogens with zero attached hydrogens (tertiary/aromatic N) is 2. The maximum absolute atomic E-state index is 13.4. The molecule has 2 aliphatic rings. The molecule has 1 N–H and O–H groups in total. The van der Waals surface area contributed by atoms with E-state index < -0.39 is 0 Å². The molecule has 0 radical (unpaired) electrons. The van der Waals surface area contributed by atoms with Crippen molar-refractivity contribution in [3.63, 3.8) is 0 Å². The lowest BCUT2D eigenvalue weighted by molar-refractivity contribution is -0.117. The number of rotatable bonds is 7. The van der Waals surface area contributed by atoms with Crippen molar-refractivity contribution in [2.24, 2.45) is 0 Å². The highest BCUT2D eigenvalue weighted by molar-refractivity contribution is 7.17. The van der Waals surface area contributed by atoms with E-state index in [9.17, 15) is 14.0 Å². The number of fused-ring (bicyclic) bond motifs is 1. The summed E-state index contributed by atoms with van der Waals surface area (Å²) in [6, 6.07) is 6.69. The first-order valence-electron chi connectivity index (χ1n) is 10.8. The number of benzene rings is 1. The van der Waals surface area contributed by atoms with Crippen molar-refractivity contribution in [3.05, 3.63) is 51.7 Å². The largest absolute Gasteiger partial charge is 0.462 e. The number of hydrogen-bond acceptors (Lipinski definition) is 6. The Morgan fingerprint density at radius 1 is 1.16 bits per heavy atom. The quantitative estimate of drug-likeness (QED) is 0.663. The topological polar surface area (TPSA) is 61.9 Å². The minimum Gasteiger partial charge on any atom is -0.462 e. The Bertz CT molecular complexity index is 954. The Labute approximate surface area is 186 Å². The second-order valence-corrected chi connectivity index (χ2v) is 9.12. The van der Waals surface area contributed by atoms with Crippen LogP contribution in [0.1, 0.15) is 39.7 Å². The van der Waals surface area contributed by atoms with E-state index in [0.29, 0.717) is 30.3 Å². The second-order valence-electron chi connectivity index (χ2n) is 8.01. The van der Waals surface area contributed by atoms with Crippen molar-refractivity contribution in [3.8, 4) is 0 Å². The molecule has 0 atom stereocenters. The maximum Gasteiger partial charge on any atom is 0.341 e. The molecule has 2 aromatic rings. The first-order chi connectivity index (χ1) is 15.0. The number of nitrogens with one attached hydrogen (secondary N) is 1. The van der Waals surface area contributed by atoms with Crippen LogP contribution in [-0.4, -0.2) is 61.0 Å². The van der Waals surface area contributed by atoms with Gasteiger partial charge in [0.25, 0.3) is 0 Å². The van der Waals surface area contributed by atoms with Crippen LogP contribution in [0.3, 0.4) is 0 Å². The number of piperazine rings is 1. The van der Waals surface area contributed by atoms with Gasteiger partial charge < -0.3 is 10.1 Å². The molecule has 1 fully saturated rings. The molecule has 31 heavy (non-hydrogen) atoms. The highest BCUT2D eigenvalue weighted by Gasteiger charge is 2.29. The predicted molar refractivity (Wildman–Crippen MR) is 119 cm³/mol. The van der Waals surface area contributed by atoms with Gasteiger partial charge in [-0.15, -0.1) is 11.3 Å². The van der Waals surface area contributed by atoms with Gasteiger partial charge in [0.2, 0.25) is 5.91 Å². The average Bonchev–Trinajstić information content (AvgIpc) is 3.30. The summed E-state index contributed by atoms with van der Waals surface area (Å²) < 4.78 is 18.6. The van der Waals surface area contributed by atoms with Crippen LogP contribution in [-0.2, 0) is 28.9 Å². The summed E-state index contributed by atoms with van der Waals surface area (Å²) in [6.07, 6.45) is 2.86. The smallest absolute Gasteiger partial charge is 0.341 e. The molecule has 6 nitrogen and oxygen atoms in total. The van der Waals surface area contributed by atoms with Gasteiger partial charge in [0.1, 0.15) is 10.8 Å². The number of carbonyl (C=O) groups is 2. The van der Waals surface area contributed by atoms with E-state index in [4.69, 9.17) is 4.74 Å². The molecular weight excluding hydrogens is 417 g/mol. The number of carbonyl (C=O) groups excluding carboxylic acids is 2. The second kappa shape index (κ2) is 9.89. The van der Waals surface area contributed by atoms with Crippen LogP contribution in [0.5, 0.6) is 0 Å². The number of anilines is 1. The van der Waals surface area contributed by atoms with Crippen molar-refractivity contribution >= 4 is 28.2 Å². The highest BCUT2D eigenvalue weighted by Crippen LogP contribution is 2.39. The molecule has 4 rings (SSSR count). The maximum atomic E-state index is 13.4. The van der Waals surface area contributed by atoms with Crippen LogP contribution in [0.2, 0.25) is 0 Å². The molecule has 1 aliphatic heterocycles. The van der Waals surface area contributed by atoms with E-state index >= 15 is 0 Å². The third-order valence-electron chi connectivity index (χ3n) is 5.78. The number of esters is 1. The molecule has 1 amide bonds. The van der Waals surface area contributed by atoms with Crippen LogP contribution < -0.4 is 5.32 Å². The molecule has 0 saturated carbocycles. The van der Waals surface area contributed by atoms with Gasteiger partial charge in [-0.25, -0.2) is 9.18 Å². The Hall–Kier alpha value is -2.29. The third-order valence-corrected chi connectivity index (χ3v) is 6.99. The molecule has 1 saturated heterocycles. The number of aryl methyl sites for hydroxylation is 1. The van der Waals surface area contributed by atoms with Crippen LogP contribution in [0.15, 0.2) is 24.3 Å². The molecule has 0 bridgehead atoms. The summed E-state index contributed by atoms with van der Waals surface area (Å²) in [5.74, 6) is -0.665. The van der Waals surface area contributed by atoms with E-state index in [1.54, 1.807) is 19.1 Å². The lowest BCUT2D eigenvalue weighted by atomic mass is 10.1. The van der Waals surface area contributed by atoms with Crippen molar-refractivity contribution in [2.45, 2.75) is 32.7 Å². The zero-order valence-electron chi connectivity index (χ0n) is 17.8. The Morgan fingerprint density at radius 3 is 2.68 bits per heavy atom. The predicted octanol–water partition coefficient (Wildman–Crippen LogP) is 3.31. The number of halogens is 1. The molecule has 1 aromatic carbocycles. The van der Waals surface area contributed by atoms with E-state index in [1.165, 1.54) is 22.3 Å². The standard InChI is InChI=1S/C23H28FN3O3S/c1-2-30-23(29)21-18-7-4-8-19(18)31-22(21)25-20(28)15-27-11-9-26(10-12-27)14-16-5-3-6-17(24)13-16/h3,5-6,13H,2,4,7-12,14-15H2,1H3,(H,25,28). The molecule has 1 aliphatic carbocycles. The van der Waals surface area contributed by atoms with Gasteiger partial charge in [0.15, 0.2) is 0 Å². The van der Waals surface area contributed by atoms with E-state index in [-0.39, 0.29) is 17.7 Å². The Balaban J connectivity index is 1.31. The lowest BCUT2D eigenvalue weighted by Gasteiger charge is -2.34. The summed E-state index contributed by atoms with van der Waals surface area (Å²) in [5, 5.41) is 3.59. The SMILES string of the molecule is CCOC(=O)c1c(NC(=O)CN2CCN(Cc3cccc(F)c3)CC2)sc2c1CCC2. The number of amides is 1. The molecular formula is C23H28FN3O3S. The number of ether oxygens (including phenoxy) is 1. The normalized spacial score (nSPS) is 16.8. The van der Waals surface area contributed by atoms with Crippen molar-refractivity contribution < 1.29 is 18.7 Å². The number of thiophene rings is 1. The van der Waals surface area contributed by atoms with Gasteiger partial charge in [0, 0.05) is 37.6 Å². The number of hydrogen-bond donors (Lipinski definition) is 1. The Morgan fingerprint density at radius 2 is 1.94 bits per heavy atom. The van der Waals surface area contributed by atoms with Gasteiger partial charge in [-0.3, -0.25) is 14.6 Å². The molecule has 1 aromatic heterocycles.